The van der Waals surface area contributed by atoms with Crippen LogP contribution < -0.4 is 0 Å². The summed E-state index contributed by atoms with van der Waals surface area (Å²) in [6.07, 6.45) is -3.96. The molecule has 7 heteroatoms. The third-order valence-corrected chi connectivity index (χ3v) is 2.93. The third kappa shape index (κ3) is 4.13. The summed E-state index contributed by atoms with van der Waals surface area (Å²) in [6, 6.07) is 0. The zero-order chi connectivity index (χ0) is 13.5. The summed E-state index contributed by atoms with van der Waals surface area (Å²) in [5.74, 6) is 0. The van der Waals surface area contributed by atoms with Crippen LogP contribution in [0.15, 0.2) is 0 Å². The van der Waals surface area contributed by atoms with Gasteiger partial charge in [0.25, 0.3) is 0 Å². The number of hydrogen-bond acceptors (Lipinski definition) is 7. The van der Waals surface area contributed by atoms with E-state index in [0.29, 0.717) is 19.4 Å². The van der Waals surface area contributed by atoms with Crippen molar-refractivity contribution in [2.75, 3.05) is 19.8 Å². The average Bonchev–Trinajstić information content (AvgIpc) is 2.38. The van der Waals surface area contributed by atoms with Gasteiger partial charge in [-0.15, -0.1) is 0 Å². The summed E-state index contributed by atoms with van der Waals surface area (Å²) in [6.45, 7) is -0.0297. The maximum absolute atomic E-state index is 9.64. The normalized spacial score (nSPS) is 36.8. The predicted molar refractivity (Wildman–Crippen MR) is 60.7 cm³/mol. The van der Waals surface area contributed by atoms with Crippen LogP contribution in [-0.4, -0.2) is 76.1 Å². The van der Waals surface area contributed by atoms with Crippen LogP contribution in [0.3, 0.4) is 0 Å². The van der Waals surface area contributed by atoms with E-state index in [2.05, 4.69) is 0 Å². The fourth-order valence-corrected chi connectivity index (χ4v) is 1.80. The molecule has 1 heterocycles. The van der Waals surface area contributed by atoms with Crippen LogP contribution in [0.5, 0.6) is 0 Å². The molecule has 0 aromatic carbocycles. The molecule has 1 aliphatic rings. The minimum Gasteiger partial charge on any atom is -0.396 e. The Morgan fingerprint density at radius 1 is 0.889 bits per heavy atom. The van der Waals surface area contributed by atoms with Gasteiger partial charge in [-0.05, 0) is 19.3 Å². The quantitative estimate of drug-likeness (QED) is 0.337. The first-order valence-corrected chi connectivity index (χ1v) is 6.14. The molecule has 1 fully saturated rings. The highest BCUT2D eigenvalue weighted by atomic mass is 16.7. The Morgan fingerprint density at radius 3 is 2.22 bits per heavy atom. The van der Waals surface area contributed by atoms with Gasteiger partial charge in [-0.25, -0.2) is 0 Å². The predicted octanol–water partition coefficient (Wildman–Crippen LogP) is -2.03. The first kappa shape index (κ1) is 15.8. The van der Waals surface area contributed by atoms with Crippen LogP contribution >= 0.6 is 0 Å². The Bertz CT molecular complexity index is 223. The van der Waals surface area contributed by atoms with E-state index in [1.165, 1.54) is 0 Å². The van der Waals surface area contributed by atoms with Crippen molar-refractivity contribution in [3.8, 4) is 0 Å². The molecule has 108 valence electrons. The first-order valence-electron chi connectivity index (χ1n) is 6.14. The number of hydrogen-bond donors (Lipinski definition) is 5. The molecule has 0 bridgehead atoms. The molecule has 0 unspecified atom stereocenters. The molecule has 5 atom stereocenters. The van der Waals surface area contributed by atoms with Crippen LogP contribution in [-0.2, 0) is 9.47 Å². The van der Waals surface area contributed by atoms with Gasteiger partial charge in [-0.2, -0.15) is 0 Å². The van der Waals surface area contributed by atoms with Crippen molar-refractivity contribution in [2.24, 2.45) is 0 Å². The fourth-order valence-electron chi connectivity index (χ4n) is 1.80. The second kappa shape index (κ2) is 8.00. The van der Waals surface area contributed by atoms with Crippen LogP contribution in [0, 0.1) is 0 Å². The van der Waals surface area contributed by atoms with Crippen LogP contribution in [0.2, 0.25) is 0 Å². The van der Waals surface area contributed by atoms with Crippen molar-refractivity contribution in [2.45, 2.75) is 50.0 Å². The van der Waals surface area contributed by atoms with Gasteiger partial charge in [-0.3, -0.25) is 0 Å². The van der Waals surface area contributed by atoms with Gasteiger partial charge in [0.05, 0.1) is 6.61 Å². The van der Waals surface area contributed by atoms with Gasteiger partial charge in [-0.1, -0.05) is 0 Å². The molecule has 0 aromatic rings. The van der Waals surface area contributed by atoms with E-state index in [1.54, 1.807) is 0 Å². The largest absolute Gasteiger partial charge is 0.396 e. The zero-order valence-electron chi connectivity index (χ0n) is 10.2. The number of unbranched alkanes of at least 4 members (excludes halogenated alkanes) is 2. The summed E-state index contributed by atoms with van der Waals surface area (Å²) in [7, 11) is 0. The van der Waals surface area contributed by atoms with E-state index in [1.807, 2.05) is 0 Å². The minimum atomic E-state index is -1.40. The second-order valence-corrected chi connectivity index (χ2v) is 4.35. The van der Waals surface area contributed by atoms with E-state index in [4.69, 9.17) is 19.7 Å². The van der Waals surface area contributed by atoms with Crippen molar-refractivity contribution in [3.63, 3.8) is 0 Å². The molecule has 0 radical (unpaired) electrons. The van der Waals surface area contributed by atoms with Crippen LogP contribution in [0.25, 0.3) is 0 Å². The Kier molecular flexibility index (Phi) is 7.02. The smallest absolute Gasteiger partial charge is 0.186 e. The van der Waals surface area contributed by atoms with Gasteiger partial charge in [0.2, 0.25) is 0 Å². The fraction of sp³-hybridized carbons (Fsp3) is 1.00. The third-order valence-electron chi connectivity index (χ3n) is 2.93. The van der Waals surface area contributed by atoms with Gasteiger partial charge in [0.15, 0.2) is 6.29 Å². The maximum atomic E-state index is 9.64. The van der Waals surface area contributed by atoms with Gasteiger partial charge in [0.1, 0.15) is 24.4 Å². The topological polar surface area (TPSA) is 120 Å². The molecule has 1 aliphatic heterocycles. The summed E-state index contributed by atoms with van der Waals surface area (Å²) < 4.78 is 10.4. The molecule has 5 N–H and O–H groups in total. The van der Waals surface area contributed by atoms with Crippen molar-refractivity contribution in [1.29, 1.82) is 0 Å². The van der Waals surface area contributed by atoms with Crippen molar-refractivity contribution in [1.82, 2.24) is 0 Å². The van der Waals surface area contributed by atoms with E-state index in [0.717, 1.165) is 6.42 Å². The molecule has 1 rings (SSSR count). The summed E-state index contributed by atoms with van der Waals surface area (Å²) >= 11 is 0. The highest BCUT2D eigenvalue weighted by Crippen LogP contribution is 2.22. The monoisotopic (exact) mass is 266 g/mol. The molecule has 1 saturated heterocycles. The maximum Gasteiger partial charge on any atom is 0.186 e. The molecule has 0 amide bonds. The van der Waals surface area contributed by atoms with E-state index in [9.17, 15) is 15.3 Å². The molecule has 0 aromatic heterocycles. The van der Waals surface area contributed by atoms with Crippen LogP contribution in [0.1, 0.15) is 19.3 Å². The number of aliphatic hydroxyl groups is 5. The summed E-state index contributed by atoms with van der Waals surface area (Å²) in [5.41, 5.74) is 0. The minimum absolute atomic E-state index is 0.125. The summed E-state index contributed by atoms with van der Waals surface area (Å²) in [5, 5.41) is 46.2. The number of rotatable bonds is 7. The van der Waals surface area contributed by atoms with E-state index >= 15 is 0 Å². The Hall–Kier alpha value is -0.280. The molecule has 0 aliphatic carbocycles. The zero-order valence-corrected chi connectivity index (χ0v) is 10.2. The molecule has 0 spiro atoms. The molecule has 18 heavy (non-hydrogen) atoms. The molecular weight excluding hydrogens is 244 g/mol. The highest BCUT2D eigenvalue weighted by molar-refractivity contribution is 4.88. The standard InChI is InChI=1S/C11H22O7/c12-4-2-1-3-5-17-11-10(16)9(15)8(14)7(6-13)18-11/h7-16H,1-6H2/t7-,8-,9+,10-,11-/m1/s1. The van der Waals surface area contributed by atoms with E-state index in [-0.39, 0.29) is 6.61 Å². The Labute approximate surface area is 106 Å². The first-order chi connectivity index (χ1) is 8.61. The number of aliphatic hydroxyl groups excluding tert-OH is 5. The molecular formula is C11H22O7. The Morgan fingerprint density at radius 2 is 1.61 bits per heavy atom. The SMILES string of the molecule is OCCCCCO[C@@H]1O[C@H](CO)[C@@H](O)[C@H](O)[C@H]1O. The lowest BCUT2D eigenvalue weighted by Gasteiger charge is -2.39. The summed E-state index contributed by atoms with van der Waals surface area (Å²) in [4.78, 5) is 0. The van der Waals surface area contributed by atoms with Crippen molar-refractivity contribution in [3.05, 3.63) is 0 Å². The van der Waals surface area contributed by atoms with Crippen molar-refractivity contribution >= 4 is 0 Å². The second-order valence-electron chi connectivity index (χ2n) is 4.35. The Balaban J connectivity index is 2.35. The molecule has 0 saturated carbocycles. The van der Waals surface area contributed by atoms with Crippen LogP contribution in [0.4, 0.5) is 0 Å². The highest BCUT2D eigenvalue weighted by Gasteiger charge is 2.43. The lowest BCUT2D eigenvalue weighted by molar-refractivity contribution is -0.301. The van der Waals surface area contributed by atoms with Gasteiger partial charge >= 0.3 is 0 Å². The molecule has 7 nitrogen and oxygen atoms in total. The van der Waals surface area contributed by atoms with E-state index < -0.39 is 37.3 Å². The van der Waals surface area contributed by atoms with Crippen molar-refractivity contribution < 1.29 is 35.0 Å². The lowest BCUT2D eigenvalue weighted by Crippen LogP contribution is -2.59. The average molecular weight is 266 g/mol. The number of ether oxygens (including phenoxy) is 2. The lowest BCUT2D eigenvalue weighted by atomic mass is 9.99. The van der Waals surface area contributed by atoms with Gasteiger partial charge in [0, 0.05) is 13.2 Å². The van der Waals surface area contributed by atoms with Gasteiger partial charge < -0.3 is 35.0 Å².